The first kappa shape index (κ1) is 18.5. The number of ether oxygens (including phenoxy) is 1. The fraction of sp³-hybridized carbons (Fsp3) is 0.300. The average Bonchev–Trinajstić information content (AvgIpc) is 2.60. The Balaban J connectivity index is 1.88. The van der Waals surface area contributed by atoms with E-state index < -0.39 is 5.97 Å². The summed E-state index contributed by atoms with van der Waals surface area (Å²) < 4.78 is 5.95. The minimum absolute atomic E-state index is 0.115. The lowest BCUT2D eigenvalue weighted by molar-refractivity contribution is -0.120. The number of hydrogen-bond donors (Lipinski definition) is 2. The van der Waals surface area contributed by atoms with Gasteiger partial charge in [0.25, 0.3) is 0 Å². The molecule has 1 atom stereocenters. The molecule has 2 N–H and O–H groups in total. The van der Waals surface area contributed by atoms with E-state index in [1.807, 2.05) is 38.1 Å². The zero-order chi connectivity index (χ0) is 18.2. The van der Waals surface area contributed by atoms with E-state index in [1.54, 1.807) is 12.1 Å². The van der Waals surface area contributed by atoms with Crippen LogP contribution in [0, 0.1) is 6.92 Å². The number of amides is 1. The lowest BCUT2D eigenvalue weighted by Gasteiger charge is -2.19. The maximum absolute atomic E-state index is 12.1. The summed E-state index contributed by atoms with van der Waals surface area (Å²) in [6, 6.07) is 14.2. The standard InChI is InChI=1S/C20H23NO4/c1-3-17(25-18-10-5-4-7-14(18)2)13-21-19(22)12-15-8-6-9-16(11-15)20(23)24/h4-11,17H,3,12-13H2,1-2H3,(H,21,22)(H,23,24). The molecular formula is C20H23NO4. The lowest BCUT2D eigenvalue weighted by atomic mass is 10.1. The molecule has 0 bridgehead atoms. The number of carboxylic acid groups (broad SMARTS) is 1. The van der Waals surface area contributed by atoms with Gasteiger partial charge in [0.15, 0.2) is 0 Å². The van der Waals surface area contributed by atoms with E-state index in [9.17, 15) is 9.59 Å². The summed E-state index contributed by atoms with van der Waals surface area (Å²) in [7, 11) is 0. The van der Waals surface area contributed by atoms with Crippen molar-refractivity contribution in [3.63, 3.8) is 0 Å². The number of aryl methyl sites for hydroxylation is 1. The fourth-order valence-electron chi connectivity index (χ4n) is 2.43. The molecule has 132 valence electrons. The molecule has 2 rings (SSSR count). The van der Waals surface area contributed by atoms with Gasteiger partial charge in [-0.2, -0.15) is 0 Å². The van der Waals surface area contributed by atoms with Gasteiger partial charge in [-0.05, 0) is 42.7 Å². The third-order valence-electron chi connectivity index (χ3n) is 3.91. The predicted molar refractivity (Wildman–Crippen MR) is 96.0 cm³/mol. The third kappa shape index (κ3) is 5.64. The van der Waals surface area contributed by atoms with Crippen LogP contribution in [0.1, 0.15) is 34.8 Å². The molecule has 5 nitrogen and oxygen atoms in total. The molecule has 0 heterocycles. The van der Waals surface area contributed by atoms with E-state index in [1.165, 1.54) is 12.1 Å². The highest BCUT2D eigenvalue weighted by Gasteiger charge is 2.12. The molecule has 0 radical (unpaired) electrons. The molecule has 0 spiro atoms. The van der Waals surface area contributed by atoms with Crippen molar-refractivity contribution in [3.8, 4) is 5.75 Å². The van der Waals surface area contributed by atoms with E-state index in [0.717, 1.165) is 17.7 Å². The minimum Gasteiger partial charge on any atom is -0.488 e. The quantitative estimate of drug-likeness (QED) is 0.773. The molecule has 0 saturated carbocycles. The normalized spacial score (nSPS) is 11.6. The number of benzene rings is 2. The van der Waals surface area contributed by atoms with Gasteiger partial charge in [-0.25, -0.2) is 4.79 Å². The number of carbonyl (C=O) groups is 2. The van der Waals surface area contributed by atoms with Crippen molar-refractivity contribution in [3.05, 3.63) is 65.2 Å². The Kier molecular flexibility index (Phi) is 6.57. The van der Waals surface area contributed by atoms with Crippen LogP contribution in [0.25, 0.3) is 0 Å². The Bertz CT molecular complexity index is 742. The van der Waals surface area contributed by atoms with Gasteiger partial charge in [0.05, 0.1) is 18.5 Å². The molecule has 25 heavy (non-hydrogen) atoms. The van der Waals surface area contributed by atoms with Gasteiger partial charge in [-0.15, -0.1) is 0 Å². The van der Waals surface area contributed by atoms with Crippen LogP contribution in [-0.4, -0.2) is 29.6 Å². The van der Waals surface area contributed by atoms with Gasteiger partial charge in [0.1, 0.15) is 11.9 Å². The van der Waals surface area contributed by atoms with Crippen LogP contribution in [0.5, 0.6) is 5.75 Å². The first-order chi connectivity index (χ1) is 12.0. The number of carboxylic acids is 1. The van der Waals surface area contributed by atoms with E-state index in [0.29, 0.717) is 12.1 Å². The van der Waals surface area contributed by atoms with E-state index in [-0.39, 0.29) is 24.0 Å². The number of aromatic carboxylic acids is 1. The van der Waals surface area contributed by atoms with Crippen LogP contribution >= 0.6 is 0 Å². The Morgan fingerprint density at radius 3 is 2.60 bits per heavy atom. The van der Waals surface area contributed by atoms with Crippen molar-refractivity contribution in [2.75, 3.05) is 6.54 Å². The van der Waals surface area contributed by atoms with Gasteiger partial charge in [0, 0.05) is 0 Å². The molecule has 1 unspecified atom stereocenters. The number of rotatable bonds is 8. The predicted octanol–water partition coefficient (Wildman–Crippen LogP) is 3.21. The summed E-state index contributed by atoms with van der Waals surface area (Å²) in [6.07, 6.45) is 0.792. The monoisotopic (exact) mass is 341 g/mol. The molecule has 0 aromatic heterocycles. The number of nitrogens with one attached hydrogen (secondary N) is 1. The summed E-state index contributed by atoms with van der Waals surface area (Å²) in [6.45, 7) is 4.39. The van der Waals surface area contributed by atoms with Gasteiger partial charge < -0.3 is 15.2 Å². The van der Waals surface area contributed by atoms with Crippen molar-refractivity contribution in [1.82, 2.24) is 5.32 Å². The van der Waals surface area contributed by atoms with E-state index in [4.69, 9.17) is 9.84 Å². The van der Waals surface area contributed by atoms with Gasteiger partial charge in [0.2, 0.25) is 5.91 Å². The Hall–Kier alpha value is -2.82. The van der Waals surface area contributed by atoms with E-state index in [2.05, 4.69) is 5.32 Å². The van der Waals surface area contributed by atoms with Gasteiger partial charge >= 0.3 is 5.97 Å². The maximum Gasteiger partial charge on any atom is 0.335 e. The van der Waals surface area contributed by atoms with Crippen LogP contribution in [0.3, 0.4) is 0 Å². The number of para-hydroxylation sites is 1. The van der Waals surface area contributed by atoms with Crippen molar-refractivity contribution in [1.29, 1.82) is 0 Å². The first-order valence-corrected chi connectivity index (χ1v) is 8.30. The maximum atomic E-state index is 12.1. The summed E-state index contributed by atoms with van der Waals surface area (Å²) in [4.78, 5) is 23.1. The summed E-state index contributed by atoms with van der Waals surface area (Å²) in [5.74, 6) is -0.341. The molecule has 5 heteroatoms. The van der Waals surface area contributed by atoms with Crippen molar-refractivity contribution in [2.24, 2.45) is 0 Å². The Morgan fingerprint density at radius 1 is 1.16 bits per heavy atom. The number of carbonyl (C=O) groups excluding carboxylic acids is 1. The fourth-order valence-corrected chi connectivity index (χ4v) is 2.43. The molecule has 1 amide bonds. The topological polar surface area (TPSA) is 75.6 Å². The summed E-state index contributed by atoms with van der Waals surface area (Å²) >= 11 is 0. The smallest absolute Gasteiger partial charge is 0.335 e. The molecular weight excluding hydrogens is 318 g/mol. The molecule has 0 aliphatic heterocycles. The second-order valence-corrected chi connectivity index (χ2v) is 5.90. The van der Waals surface area contributed by atoms with Crippen LogP contribution in [0.2, 0.25) is 0 Å². The third-order valence-corrected chi connectivity index (χ3v) is 3.91. The number of hydrogen-bond acceptors (Lipinski definition) is 3. The van der Waals surface area contributed by atoms with Crippen molar-refractivity contribution >= 4 is 11.9 Å². The minimum atomic E-state index is -1.00. The molecule has 0 fully saturated rings. The molecule has 2 aromatic rings. The first-order valence-electron chi connectivity index (χ1n) is 8.30. The Labute approximate surface area is 147 Å². The van der Waals surface area contributed by atoms with Crippen molar-refractivity contribution < 1.29 is 19.4 Å². The van der Waals surface area contributed by atoms with Crippen LogP contribution in [0.4, 0.5) is 0 Å². The van der Waals surface area contributed by atoms with Gasteiger partial charge in [-0.3, -0.25) is 4.79 Å². The van der Waals surface area contributed by atoms with Crippen LogP contribution in [-0.2, 0) is 11.2 Å². The zero-order valence-corrected chi connectivity index (χ0v) is 14.5. The second kappa shape index (κ2) is 8.87. The highest BCUT2D eigenvalue weighted by Crippen LogP contribution is 2.18. The average molecular weight is 341 g/mol. The zero-order valence-electron chi connectivity index (χ0n) is 14.5. The molecule has 0 aliphatic rings. The van der Waals surface area contributed by atoms with Crippen LogP contribution in [0.15, 0.2) is 48.5 Å². The molecule has 2 aromatic carbocycles. The Morgan fingerprint density at radius 2 is 1.92 bits per heavy atom. The largest absolute Gasteiger partial charge is 0.488 e. The van der Waals surface area contributed by atoms with E-state index >= 15 is 0 Å². The summed E-state index contributed by atoms with van der Waals surface area (Å²) in [5.41, 5.74) is 1.91. The molecule has 0 saturated heterocycles. The summed E-state index contributed by atoms with van der Waals surface area (Å²) in [5, 5.41) is 11.9. The highest BCUT2D eigenvalue weighted by molar-refractivity contribution is 5.88. The van der Waals surface area contributed by atoms with Crippen LogP contribution < -0.4 is 10.1 Å². The molecule has 0 aliphatic carbocycles. The van der Waals surface area contributed by atoms with Crippen molar-refractivity contribution in [2.45, 2.75) is 32.8 Å². The second-order valence-electron chi connectivity index (χ2n) is 5.90. The highest BCUT2D eigenvalue weighted by atomic mass is 16.5. The lowest BCUT2D eigenvalue weighted by Crippen LogP contribution is -2.35. The SMILES string of the molecule is CCC(CNC(=O)Cc1cccc(C(=O)O)c1)Oc1ccccc1C. The van der Waals surface area contributed by atoms with Gasteiger partial charge in [-0.1, -0.05) is 37.3 Å².